The highest BCUT2D eigenvalue weighted by atomic mass is 16.7. The smallest absolute Gasteiger partial charge is 0.184 e. The molecule has 4 atom stereocenters. The molecule has 0 spiro atoms. The van der Waals surface area contributed by atoms with E-state index in [4.69, 9.17) is 18.9 Å². The molecule has 0 N–H and O–H groups in total. The Balaban J connectivity index is 1.02. The van der Waals surface area contributed by atoms with E-state index in [2.05, 4.69) is 13.0 Å². The molecule has 0 aromatic heterocycles. The molecular weight excluding hydrogens is 424 g/mol. The molecule has 2 aliphatic carbocycles. The van der Waals surface area contributed by atoms with E-state index in [0.717, 1.165) is 23.3 Å². The number of fused-ring (bicyclic) bond motifs is 1. The van der Waals surface area contributed by atoms with Gasteiger partial charge in [0.1, 0.15) is 12.2 Å². The molecule has 3 fully saturated rings. The Bertz CT molecular complexity index is 748. The average Bonchev–Trinajstić information content (AvgIpc) is 2.90. The van der Waals surface area contributed by atoms with Gasteiger partial charge < -0.3 is 18.9 Å². The third kappa shape index (κ3) is 6.32. The van der Waals surface area contributed by atoms with Crippen molar-refractivity contribution in [2.75, 3.05) is 6.61 Å². The van der Waals surface area contributed by atoms with Gasteiger partial charge in [0.2, 0.25) is 0 Å². The molecule has 4 nitrogen and oxygen atoms in total. The van der Waals surface area contributed by atoms with E-state index in [1.54, 1.807) is 0 Å². The van der Waals surface area contributed by atoms with Crippen molar-refractivity contribution in [1.29, 1.82) is 0 Å². The lowest BCUT2D eigenvalue weighted by molar-refractivity contribution is -0.289. The molecule has 0 radical (unpaired) electrons. The molecule has 1 aromatic rings. The normalized spacial score (nSPS) is 38.4. The Morgan fingerprint density at radius 1 is 0.824 bits per heavy atom. The minimum atomic E-state index is -0.324. The van der Waals surface area contributed by atoms with Crippen molar-refractivity contribution in [3.63, 3.8) is 0 Å². The van der Waals surface area contributed by atoms with Crippen LogP contribution in [0.2, 0.25) is 0 Å². The van der Waals surface area contributed by atoms with Crippen LogP contribution in [0.15, 0.2) is 42.5 Å². The highest BCUT2D eigenvalue weighted by molar-refractivity contribution is 5.17. The fraction of sp³-hybridized carbons (Fsp3) is 0.733. The number of ether oxygens (including phenoxy) is 4. The number of hydrogen-bond donors (Lipinski definition) is 0. The van der Waals surface area contributed by atoms with E-state index < -0.39 is 0 Å². The third-order valence-electron chi connectivity index (χ3n) is 8.72. The van der Waals surface area contributed by atoms with E-state index in [0.29, 0.717) is 12.7 Å². The zero-order valence-corrected chi connectivity index (χ0v) is 21.0. The van der Waals surface area contributed by atoms with E-state index >= 15 is 0 Å². The minimum absolute atomic E-state index is 0.0772. The first kappa shape index (κ1) is 24.5. The number of hydrogen-bond acceptors (Lipinski definition) is 4. The zero-order valence-electron chi connectivity index (χ0n) is 21.0. The van der Waals surface area contributed by atoms with Crippen molar-refractivity contribution in [2.24, 2.45) is 17.8 Å². The second-order valence-electron chi connectivity index (χ2n) is 11.1. The van der Waals surface area contributed by atoms with Gasteiger partial charge in [-0.3, -0.25) is 0 Å². The molecule has 5 rings (SSSR count). The predicted octanol–water partition coefficient (Wildman–Crippen LogP) is 7.34. The third-order valence-corrected chi connectivity index (χ3v) is 8.72. The first-order chi connectivity index (χ1) is 16.8. The molecule has 1 saturated heterocycles. The van der Waals surface area contributed by atoms with Crippen LogP contribution in [-0.2, 0) is 18.9 Å². The predicted molar refractivity (Wildman–Crippen MR) is 134 cm³/mol. The molecule has 4 unspecified atom stereocenters. The summed E-state index contributed by atoms with van der Waals surface area (Å²) in [5.74, 6) is 2.89. The summed E-state index contributed by atoms with van der Waals surface area (Å²) in [4.78, 5) is 0. The van der Waals surface area contributed by atoms with Crippen LogP contribution in [0, 0.1) is 17.8 Å². The lowest BCUT2D eigenvalue weighted by atomic mass is 9.70. The maximum absolute atomic E-state index is 6.38. The van der Waals surface area contributed by atoms with Gasteiger partial charge in [-0.05, 0) is 62.4 Å². The Hall–Kier alpha value is -1.20. The maximum Gasteiger partial charge on any atom is 0.184 e. The second kappa shape index (κ2) is 12.2. The molecule has 0 bridgehead atoms. The highest BCUT2D eigenvalue weighted by Gasteiger charge is 2.37. The van der Waals surface area contributed by atoms with Crippen LogP contribution in [0.1, 0.15) is 95.8 Å². The van der Waals surface area contributed by atoms with Crippen molar-refractivity contribution in [3.05, 3.63) is 48.0 Å². The molecule has 188 valence electrons. The van der Waals surface area contributed by atoms with E-state index in [1.807, 2.05) is 36.4 Å². The first-order valence-electron chi connectivity index (χ1n) is 14.1. The van der Waals surface area contributed by atoms with Crippen LogP contribution in [-0.4, -0.2) is 31.2 Å². The van der Waals surface area contributed by atoms with Crippen LogP contribution < -0.4 is 0 Å². The summed E-state index contributed by atoms with van der Waals surface area (Å²) in [7, 11) is 0. The van der Waals surface area contributed by atoms with Crippen molar-refractivity contribution in [3.8, 4) is 0 Å². The SMILES string of the molecule is CCCCCC1CCC(C2CCC(OC3C=CC4OC(c5ccccc5)OCC4O3)CC2)CC1. The number of rotatable bonds is 8. The van der Waals surface area contributed by atoms with Gasteiger partial charge in [-0.25, -0.2) is 0 Å². The summed E-state index contributed by atoms with van der Waals surface area (Å²) in [6.07, 6.45) is 20.2. The molecule has 4 aliphatic rings. The van der Waals surface area contributed by atoms with Gasteiger partial charge in [0, 0.05) is 5.56 Å². The summed E-state index contributed by atoms with van der Waals surface area (Å²) in [6, 6.07) is 10.1. The van der Waals surface area contributed by atoms with E-state index in [-0.39, 0.29) is 24.8 Å². The summed E-state index contributed by atoms with van der Waals surface area (Å²) in [5, 5.41) is 0. The molecule has 34 heavy (non-hydrogen) atoms. The number of unbranched alkanes of at least 4 members (excludes halogenated alkanes) is 2. The Kier molecular flexibility index (Phi) is 8.76. The molecule has 1 aromatic carbocycles. The van der Waals surface area contributed by atoms with E-state index in [9.17, 15) is 0 Å². The Morgan fingerprint density at radius 2 is 1.56 bits per heavy atom. The van der Waals surface area contributed by atoms with Crippen LogP contribution in [0.25, 0.3) is 0 Å². The van der Waals surface area contributed by atoms with Crippen molar-refractivity contribution < 1.29 is 18.9 Å². The van der Waals surface area contributed by atoms with Crippen molar-refractivity contribution >= 4 is 0 Å². The molecule has 2 aliphatic heterocycles. The van der Waals surface area contributed by atoms with Gasteiger partial charge in [0.05, 0.1) is 12.7 Å². The van der Waals surface area contributed by atoms with E-state index in [1.165, 1.54) is 77.0 Å². The van der Waals surface area contributed by atoms with Crippen molar-refractivity contribution in [2.45, 2.75) is 115 Å². The molecule has 0 amide bonds. The topological polar surface area (TPSA) is 36.9 Å². The molecule has 4 heteroatoms. The molecule has 2 saturated carbocycles. The maximum atomic E-state index is 6.38. The van der Waals surface area contributed by atoms with Gasteiger partial charge in [0.25, 0.3) is 0 Å². The van der Waals surface area contributed by atoms with Gasteiger partial charge >= 0.3 is 0 Å². The Labute approximate surface area is 206 Å². The van der Waals surface area contributed by atoms with Crippen LogP contribution in [0.5, 0.6) is 0 Å². The molecular formula is C30H44O4. The lowest BCUT2D eigenvalue weighted by Crippen LogP contribution is -2.46. The lowest BCUT2D eigenvalue weighted by Gasteiger charge is -2.41. The quantitative estimate of drug-likeness (QED) is 0.295. The zero-order chi connectivity index (χ0) is 23.2. The highest BCUT2D eigenvalue weighted by Crippen LogP contribution is 2.42. The fourth-order valence-electron chi connectivity index (χ4n) is 6.63. The van der Waals surface area contributed by atoms with Crippen molar-refractivity contribution in [1.82, 2.24) is 0 Å². The van der Waals surface area contributed by atoms with Gasteiger partial charge in [-0.2, -0.15) is 0 Å². The fourth-order valence-corrected chi connectivity index (χ4v) is 6.63. The number of benzene rings is 1. The summed E-state index contributed by atoms with van der Waals surface area (Å²) in [5.41, 5.74) is 1.05. The monoisotopic (exact) mass is 468 g/mol. The van der Waals surface area contributed by atoms with Crippen LogP contribution in [0.4, 0.5) is 0 Å². The van der Waals surface area contributed by atoms with Gasteiger partial charge in [0.15, 0.2) is 12.6 Å². The Morgan fingerprint density at radius 3 is 2.29 bits per heavy atom. The minimum Gasteiger partial charge on any atom is -0.346 e. The first-order valence-corrected chi connectivity index (χ1v) is 14.1. The van der Waals surface area contributed by atoms with Gasteiger partial charge in [-0.1, -0.05) is 81.9 Å². The summed E-state index contributed by atoms with van der Waals surface area (Å²) >= 11 is 0. The molecule has 2 heterocycles. The second-order valence-corrected chi connectivity index (χ2v) is 11.1. The summed E-state index contributed by atoms with van der Waals surface area (Å²) in [6.45, 7) is 2.84. The standard InChI is InChI=1S/C30H44O4/c1-2-3-5-8-22-11-13-23(14-12-22)24-15-17-26(18-16-24)32-29-20-19-27-28(33-29)21-31-30(34-27)25-9-6-4-7-10-25/h4,6-7,9-10,19-20,22-24,26-30H,2-3,5,8,11-18,21H2,1H3. The van der Waals surface area contributed by atoms with Crippen LogP contribution in [0.3, 0.4) is 0 Å². The van der Waals surface area contributed by atoms with Gasteiger partial charge in [-0.15, -0.1) is 0 Å². The largest absolute Gasteiger partial charge is 0.346 e. The van der Waals surface area contributed by atoms with Crippen LogP contribution >= 0.6 is 0 Å². The average molecular weight is 469 g/mol. The summed E-state index contributed by atoms with van der Waals surface area (Å²) < 4.78 is 24.7.